The molecule has 1 aromatic rings. The zero-order valence-corrected chi connectivity index (χ0v) is 8.53. The van der Waals surface area contributed by atoms with E-state index in [1.807, 2.05) is 11.3 Å². The minimum Gasteiger partial charge on any atom is -0.249 e. The fraction of sp³-hybridized carbons (Fsp3) is 0.700. The van der Waals surface area contributed by atoms with Crippen LogP contribution in [-0.2, 0) is 0 Å². The first kappa shape index (κ1) is 8.24. The van der Waals surface area contributed by atoms with Gasteiger partial charge in [-0.3, -0.25) is 0 Å². The van der Waals surface area contributed by atoms with Gasteiger partial charge in [0.2, 0.25) is 0 Å². The van der Waals surface area contributed by atoms with Gasteiger partial charge in [-0.1, -0.05) is 20.3 Å². The van der Waals surface area contributed by atoms with Crippen molar-refractivity contribution in [1.82, 2.24) is 4.98 Å². The van der Waals surface area contributed by atoms with Gasteiger partial charge in [0.1, 0.15) is 0 Å². The van der Waals surface area contributed by atoms with E-state index in [-0.39, 0.29) is 0 Å². The van der Waals surface area contributed by atoms with Crippen LogP contribution >= 0.6 is 11.3 Å². The second-order valence-corrected chi connectivity index (χ2v) is 4.98. The van der Waals surface area contributed by atoms with Gasteiger partial charge in [-0.05, 0) is 18.8 Å². The Balaban J connectivity index is 2.12. The average Bonchev–Trinajstić information content (AvgIpc) is 2.32. The van der Waals surface area contributed by atoms with Crippen molar-refractivity contribution in [2.45, 2.75) is 44.9 Å². The summed E-state index contributed by atoms with van der Waals surface area (Å²) in [6.45, 7) is 4.47. The molecular formula is C10H15NS. The van der Waals surface area contributed by atoms with Crippen molar-refractivity contribution in [1.29, 1.82) is 0 Å². The van der Waals surface area contributed by atoms with Crippen LogP contribution in [-0.4, -0.2) is 4.98 Å². The first-order valence-electron chi connectivity index (χ1n) is 4.73. The molecule has 1 nitrogen and oxygen atoms in total. The number of rotatable bonds is 2. The van der Waals surface area contributed by atoms with Gasteiger partial charge in [0.25, 0.3) is 0 Å². The fourth-order valence-electron chi connectivity index (χ4n) is 1.41. The molecule has 0 aliphatic heterocycles. The highest BCUT2D eigenvalue weighted by Crippen LogP contribution is 2.39. The van der Waals surface area contributed by atoms with E-state index in [2.05, 4.69) is 25.0 Å². The van der Waals surface area contributed by atoms with E-state index in [0.717, 1.165) is 5.92 Å². The molecule has 66 valence electrons. The van der Waals surface area contributed by atoms with Gasteiger partial charge in [-0.15, -0.1) is 11.3 Å². The SMILES string of the molecule is CC(C)c1cnc(C2CCC2)s1. The molecule has 1 fully saturated rings. The zero-order valence-electron chi connectivity index (χ0n) is 7.71. The van der Waals surface area contributed by atoms with Crippen LogP contribution in [0.3, 0.4) is 0 Å². The Morgan fingerprint density at radius 1 is 1.50 bits per heavy atom. The summed E-state index contributed by atoms with van der Waals surface area (Å²) in [6.07, 6.45) is 6.19. The lowest BCUT2D eigenvalue weighted by Gasteiger charge is -2.22. The Labute approximate surface area is 77.8 Å². The topological polar surface area (TPSA) is 12.9 Å². The highest BCUT2D eigenvalue weighted by molar-refractivity contribution is 7.11. The van der Waals surface area contributed by atoms with E-state index < -0.39 is 0 Å². The molecule has 0 radical (unpaired) electrons. The van der Waals surface area contributed by atoms with Crippen LogP contribution in [0.1, 0.15) is 54.8 Å². The summed E-state index contributed by atoms with van der Waals surface area (Å²) in [5.74, 6) is 1.46. The normalized spacial score (nSPS) is 18.2. The van der Waals surface area contributed by atoms with E-state index in [1.165, 1.54) is 29.1 Å². The maximum Gasteiger partial charge on any atom is 0.0958 e. The Morgan fingerprint density at radius 2 is 2.25 bits per heavy atom. The van der Waals surface area contributed by atoms with Crippen molar-refractivity contribution < 1.29 is 0 Å². The number of hydrogen-bond acceptors (Lipinski definition) is 2. The van der Waals surface area contributed by atoms with Gasteiger partial charge < -0.3 is 0 Å². The first-order chi connectivity index (χ1) is 5.77. The van der Waals surface area contributed by atoms with E-state index in [4.69, 9.17) is 0 Å². The molecule has 0 aromatic carbocycles. The molecular weight excluding hydrogens is 166 g/mol. The molecule has 1 aliphatic carbocycles. The van der Waals surface area contributed by atoms with Crippen molar-refractivity contribution in [3.8, 4) is 0 Å². The molecule has 12 heavy (non-hydrogen) atoms. The maximum atomic E-state index is 4.48. The van der Waals surface area contributed by atoms with Crippen LogP contribution in [0, 0.1) is 0 Å². The Kier molecular flexibility index (Phi) is 2.18. The number of thiazole rings is 1. The first-order valence-corrected chi connectivity index (χ1v) is 5.54. The van der Waals surface area contributed by atoms with Crippen LogP contribution < -0.4 is 0 Å². The lowest BCUT2D eigenvalue weighted by molar-refractivity contribution is 0.418. The molecule has 1 aliphatic rings. The lowest BCUT2D eigenvalue weighted by atomic mass is 9.86. The summed E-state index contributed by atoms with van der Waals surface area (Å²) in [6, 6.07) is 0. The molecule has 0 N–H and O–H groups in total. The van der Waals surface area contributed by atoms with Crippen LogP contribution in [0.15, 0.2) is 6.20 Å². The van der Waals surface area contributed by atoms with Crippen LogP contribution in [0.2, 0.25) is 0 Å². The zero-order chi connectivity index (χ0) is 8.55. The van der Waals surface area contributed by atoms with Crippen molar-refractivity contribution in [3.05, 3.63) is 16.1 Å². The number of hydrogen-bond donors (Lipinski definition) is 0. The van der Waals surface area contributed by atoms with Gasteiger partial charge in [0.15, 0.2) is 0 Å². The monoisotopic (exact) mass is 181 g/mol. The third-order valence-corrected chi connectivity index (χ3v) is 4.03. The standard InChI is InChI=1S/C10H15NS/c1-7(2)9-6-11-10(12-9)8-4-3-5-8/h6-8H,3-5H2,1-2H3. The molecule has 0 spiro atoms. The number of nitrogens with zero attached hydrogens (tertiary/aromatic N) is 1. The lowest BCUT2D eigenvalue weighted by Crippen LogP contribution is -2.07. The third-order valence-electron chi connectivity index (χ3n) is 2.56. The van der Waals surface area contributed by atoms with E-state index in [0.29, 0.717) is 5.92 Å². The van der Waals surface area contributed by atoms with Gasteiger partial charge in [0.05, 0.1) is 5.01 Å². The summed E-state index contributed by atoms with van der Waals surface area (Å²) in [4.78, 5) is 5.92. The summed E-state index contributed by atoms with van der Waals surface area (Å²) >= 11 is 1.91. The smallest absolute Gasteiger partial charge is 0.0958 e. The Bertz CT molecular complexity index is 261. The Hall–Kier alpha value is -0.370. The van der Waals surface area contributed by atoms with Crippen LogP contribution in [0.5, 0.6) is 0 Å². The fourth-order valence-corrected chi connectivity index (χ4v) is 2.50. The molecule has 0 unspecified atom stereocenters. The molecule has 0 amide bonds. The maximum absolute atomic E-state index is 4.48. The van der Waals surface area contributed by atoms with Crippen molar-refractivity contribution >= 4 is 11.3 Å². The highest BCUT2D eigenvalue weighted by Gasteiger charge is 2.22. The molecule has 2 heteroatoms. The van der Waals surface area contributed by atoms with Gasteiger partial charge in [0, 0.05) is 17.0 Å². The number of aromatic nitrogens is 1. The summed E-state index contributed by atoms with van der Waals surface area (Å²) in [7, 11) is 0. The van der Waals surface area contributed by atoms with Crippen molar-refractivity contribution in [3.63, 3.8) is 0 Å². The van der Waals surface area contributed by atoms with Crippen LogP contribution in [0.25, 0.3) is 0 Å². The summed E-state index contributed by atoms with van der Waals surface area (Å²) < 4.78 is 0. The summed E-state index contributed by atoms with van der Waals surface area (Å²) in [5.41, 5.74) is 0. The van der Waals surface area contributed by atoms with Gasteiger partial charge in [-0.2, -0.15) is 0 Å². The van der Waals surface area contributed by atoms with E-state index in [1.54, 1.807) is 0 Å². The van der Waals surface area contributed by atoms with Crippen molar-refractivity contribution in [2.75, 3.05) is 0 Å². The third kappa shape index (κ3) is 1.40. The second kappa shape index (κ2) is 3.17. The minimum absolute atomic E-state index is 0.649. The quantitative estimate of drug-likeness (QED) is 0.680. The molecule has 1 heterocycles. The Morgan fingerprint density at radius 3 is 2.67 bits per heavy atom. The molecule has 0 saturated heterocycles. The predicted octanol–water partition coefficient (Wildman–Crippen LogP) is 3.53. The molecule has 1 saturated carbocycles. The van der Waals surface area contributed by atoms with E-state index in [9.17, 15) is 0 Å². The average molecular weight is 181 g/mol. The van der Waals surface area contributed by atoms with Gasteiger partial charge in [-0.25, -0.2) is 4.98 Å². The summed E-state index contributed by atoms with van der Waals surface area (Å²) in [5, 5.41) is 1.38. The van der Waals surface area contributed by atoms with Crippen molar-refractivity contribution in [2.24, 2.45) is 0 Å². The highest BCUT2D eigenvalue weighted by atomic mass is 32.1. The molecule has 2 rings (SSSR count). The van der Waals surface area contributed by atoms with Gasteiger partial charge >= 0.3 is 0 Å². The minimum atomic E-state index is 0.649. The van der Waals surface area contributed by atoms with Crippen LogP contribution in [0.4, 0.5) is 0 Å². The molecule has 0 atom stereocenters. The second-order valence-electron chi connectivity index (χ2n) is 3.88. The van der Waals surface area contributed by atoms with E-state index >= 15 is 0 Å². The molecule has 1 aromatic heterocycles. The molecule has 0 bridgehead atoms. The largest absolute Gasteiger partial charge is 0.249 e. The predicted molar refractivity (Wildman–Crippen MR) is 52.8 cm³/mol.